The average Bonchev–Trinajstić information content (AvgIpc) is 2.43. The molecular formula is C9H14O6. The van der Waals surface area contributed by atoms with Crippen LogP contribution in [0.25, 0.3) is 0 Å². The topological polar surface area (TPSA) is 82.1 Å². The quantitative estimate of drug-likeness (QED) is 0.648. The molecule has 0 aliphatic carbocycles. The number of aliphatic hydroxyl groups is 1. The first kappa shape index (κ1) is 11.9. The van der Waals surface area contributed by atoms with Gasteiger partial charge in [0.25, 0.3) is 0 Å². The Labute approximate surface area is 87.1 Å². The molecule has 1 aliphatic heterocycles. The van der Waals surface area contributed by atoms with Crippen LogP contribution in [0, 0.1) is 0 Å². The molecule has 1 aliphatic rings. The molecule has 0 saturated carbocycles. The summed E-state index contributed by atoms with van der Waals surface area (Å²) < 4.78 is 14.5. The van der Waals surface area contributed by atoms with Gasteiger partial charge >= 0.3 is 11.9 Å². The lowest BCUT2D eigenvalue weighted by atomic mass is 10.2. The zero-order valence-electron chi connectivity index (χ0n) is 8.63. The number of hydrogen-bond acceptors (Lipinski definition) is 6. The molecule has 1 saturated heterocycles. The van der Waals surface area contributed by atoms with Crippen molar-refractivity contribution in [1.29, 1.82) is 0 Å². The molecule has 0 radical (unpaired) electrons. The maximum atomic E-state index is 10.6. The van der Waals surface area contributed by atoms with Crippen molar-refractivity contribution in [2.24, 2.45) is 0 Å². The summed E-state index contributed by atoms with van der Waals surface area (Å²) in [5.41, 5.74) is 0. The zero-order valence-corrected chi connectivity index (χ0v) is 8.63. The van der Waals surface area contributed by atoms with Gasteiger partial charge in [-0.15, -0.1) is 0 Å². The van der Waals surface area contributed by atoms with E-state index in [9.17, 15) is 14.7 Å². The van der Waals surface area contributed by atoms with E-state index >= 15 is 0 Å². The van der Waals surface area contributed by atoms with Crippen molar-refractivity contribution in [2.45, 2.75) is 38.8 Å². The number of aliphatic hydroxyl groups excluding tert-OH is 1. The van der Waals surface area contributed by atoms with Crippen LogP contribution in [0.4, 0.5) is 0 Å². The number of rotatable bonds is 3. The summed E-state index contributed by atoms with van der Waals surface area (Å²) >= 11 is 0. The van der Waals surface area contributed by atoms with Crippen molar-refractivity contribution >= 4 is 11.9 Å². The second-order valence-corrected chi connectivity index (χ2v) is 3.33. The molecule has 15 heavy (non-hydrogen) atoms. The lowest BCUT2D eigenvalue weighted by Crippen LogP contribution is -2.25. The molecule has 6 nitrogen and oxygen atoms in total. The van der Waals surface area contributed by atoms with Crippen LogP contribution in [0.2, 0.25) is 0 Å². The van der Waals surface area contributed by atoms with Gasteiger partial charge in [-0.25, -0.2) is 0 Å². The van der Waals surface area contributed by atoms with E-state index in [0.717, 1.165) is 0 Å². The zero-order chi connectivity index (χ0) is 11.4. The number of ether oxygens (including phenoxy) is 3. The van der Waals surface area contributed by atoms with E-state index in [1.165, 1.54) is 13.8 Å². The minimum absolute atomic E-state index is 0.0597. The number of carbonyl (C=O) groups is 2. The summed E-state index contributed by atoms with van der Waals surface area (Å²) in [6.07, 6.45) is -1.92. The third-order valence-electron chi connectivity index (χ3n) is 1.93. The fourth-order valence-corrected chi connectivity index (χ4v) is 1.35. The van der Waals surface area contributed by atoms with Gasteiger partial charge in [0.05, 0.1) is 6.10 Å². The minimum atomic E-state index is -1.14. The van der Waals surface area contributed by atoms with Gasteiger partial charge in [0, 0.05) is 20.3 Å². The molecule has 2 unspecified atom stereocenters. The van der Waals surface area contributed by atoms with Crippen molar-refractivity contribution in [3.8, 4) is 0 Å². The van der Waals surface area contributed by atoms with Gasteiger partial charge in [-0.2, -0.15) is 0 Å². The highest BCUT2D eigenvalue weighted by atomic mass is 16.7. The van der Waals surface area contributed by atoms with Crippen molar-refractivity contribution in [3.63, 3.8) is 0 Å². The summed E-state index contributed by atoms with van der Waals surface area (Å²) in [6.45, 7) is 2.60. The molecular weight excluding hydrogens is 204 g/mol. The molecule has 6 heteroatoms. The SMILES string of the molecule is CC(=O)OC[C@@H]1CC(OC(C)=O)C(O)O1. The highest BCUT2D eigenvalue weighted by Gasteiger charge is 2.36. The standard InChI is InChI=1S/C9H14O6/c1-5(10)13-4-7-3-8(9(12)15-7)14-6(2)11/h7-9,12H,3-4H2,1-2H3/t7-,8?,9?/m0/s1. The summed E-state index contributed by atoms with van der Waals surface area (Å²) in [7, 11) is 0. The number of esters is 2. The molecule has 0 aromatic heterocycles. The second-order valence-electron chi connectivity index (χ2n) is 3.33. The monoisotopic (exact) mass is 218 g/mol. The molecule has 0 aromatic rings. The molecule has 1 rings (SSSR count). The third-order valence-corrected chi connectivity index (χ3v) is 1.93. The van der Waals surface area contributed by atoms with E-state index in [0.29, 0.717) is 6.42 Å². The molecule has 0 bridgehead atoms. The van der Waals surface area contributed by atoms with Crippen LogP contribution in [0.5, 0.6) is 0 Å². The van der Waals surface area contributed by atoms with Crippen molar-refractivity contribution in [2.75, 3.05) is 6.61 Å². The van der Waals surface area contributed by atoms with Crippen LogP contribution in [0.15, 0.2) is 0 Å². The summed E-state index contributed by atoms with van der Waals surface area (Å²) in [6, 6.07) is 0. The van der Waals surface area contributed by atoms with E-state index in [2.05, 4.69) is 0 Å². The molecule has 1 heterocycles. The smallest absolute Gasteiger partial charge is 0.303 e. The third kappa shape index (κ3) is 3.85. The van der Waals surface area contributed by atoms with Gasteiger partial charge < -0.3 is 19.3 Å². The number of carbonyl (C=O) groups excluding carboxylic acids is 2. The lowest BCUT2D eigenvalue weighted by molar-refractivity contribution is -0.170. The first-order chi connectivity index (χ1) is 6.99. The fraction of sp³-hybridized carbons (Fsp3) is 0.778. The normalized spacial score (nSPS) is 29.9. The Hall–Kier alpha value is -1.14. The minimum Gasteiger partial charge on any atom is -0.463 e. The molecule has 0 spiro atoms. The molecule has 0 amide bonds. The Morgan fingerprint density at radius 3 is 2.60 bits per heavy atom. The highest BCUT2D eigenvalue weighted by Crippen LogP contribution is 2.21. The van der Waals surface area contributed by atoms with Crippen LogP contribution in [0.3, 0.4) is 0 Å². The highest BCUT2D eigenvalue weighted by molar-refractivity contribution is 5.66. The summed E-state index contributed by atoms with van der Waals surface area (Å²) in [5, 5.41) is 9.33. The van der Waals surface area contributed by atoms with Crippen molar-refractivity contribution in [3.05, 3.63) is 0 Å². The number of hydrogen-bond donors (Lipinski definition) is 1. The Bertz CT molecular complexity index is 251. The van der Waals surface area contributed by atoms with E-state index in [4.69, 9.17) is 14.2 Å². The molecule has 3 atom stereocenters. The predicted octanol–water partition coefficient (Wildman–Crippen LogP) is -0.412. The summed E-state index contributed by atoms with van der Waals surface area (Å²) in [4.78, 5) is 21.2. The van der Waals surface area contributed by atoms with Crippen LogP contribution in [-0.4, -0.2) is 42.1 Å². The van der Waals surface area contributed by atoms with Crippen LogP contribution in [-0.2, 0) is 23.8 Å². The van der Waals surface area contributed by atoms with Crippen LogP contribution >= 0.6 is 0 Å². The van der Waals surface area contributed by atoms with Gasteiger partial charge in [0.15, 0.2) is 12.4 Å². The molecule has 0 aromatic carbocycles. The molecule has 1 fully saturated rings. The maximum absolute atomic E-state index is 10.6. The van der Waals surface area contributed by atoms with E-state index in [-0.39, 0.29) is 6.61 Å². The fourth-order valence-electron chi connectivity index (χ4n) is 1.35. The van der Waals surface area contributed by atoms with Crippen LogP contribution in [0.1, 0.15) is 20.3 Å². The van der Waals surface area contributed by atoms with Gasteiger partial charge in [-0.3, -0.25) is 9.59 Å². The molecule has 86 valence electrons. The first-order valence-corrected chi connectivity index (χ1v) is 4.63. The van der Waals surface area contributed by atoms with E-state index in [1.807, 2.05) is 0 Å². The largest absolute Gasteiger partial charge is 0.463 e. The van der Waals surface area contributed by atoms with Gasteiger partial charge in [-0.05, 0) is 0 Å². The summed E-state index contributed by atoms with van der Waals surface area (Å²) in [5.74, 6) is -0.889. The Kier molecular flexibility index (Phi) is 4.05. The maximum Gasteiger partial charge on any atom is 0.303 e. The second kappa shape index (κ2) is 5.09. The van der Waals surface area contributed by atoms with Gasteiger partial charge in [0.2, 0.25) is 0 Å². The van der Waals surface area contributed by atoms with Crippen molar-refractivity contribution < 1.29 is 28.9 Å². The Morgan fingerprint density at radius 1 is 1.40 bits per heavy atom. The Balaban J connectivity index is 2.34. The molecule has 1 N–H and O–H groups in total. The predicted molar refractivity (Wildman–Crippen MR) is 47.7 cm³/mol. The lowest BCUT2D eigenvalue weighted by Gasteiger charge is -2.11. The van der Waals surface area contributed by atoms with E-state index < -0.39 is 30.4 Å². The average molecular weight is 218 g/mol. The van der Waals surface area contributed by atoms with E-state index in [1.54, 1.807) is 0 Å². The van der Waals surface area contributed by atoms with Crippen molar-refractivity contribution in [1.82, 2.24) is 0 Å². The van der Waals surface area contributed by atoms with Gasteiger partial charge in [-0.1, -0.05) is 0 Å². The van der Waals surface area contributed by atoms with Crippen LogP contribution < -0.4 is 0 Å². The first-order valence-electron chi connectivity index (χ1n) is 4.63. The van der Waals surface area contributed by atoms with Gasteiger partial charge in [0.1, 0.15) is 6.61 Å². The Morgan fingerprint density at radius 2 is 2.07 bits per heavy atom.